The van der Waals surface area contributed by atoms with Crippen LogP contribution in [0, 0.1) is 17.8 Å². The van der Waals surface area contributed by atoms with E-state index in [9.17, 15) is 8.42 Å². The maximum absolute atomic E-state index is 12.1. The Hall–Kier alpha value is -2.20. The summed E-state index contributed by atoms with van der Waals surface area (Å²) in [5.74, 6) is 3.35. The molecule has 2 heterocycles. The van der Waals surface area contributed by atoms with Gasteiger partial charge in [-0.1, -0.05) is 20.8 Å². The molecule has 0 spiro atoms. The number of anilines is 2. The molecule has 1 saturated carbocycles. The van der Waals surface area contributed by atoms with E-state index in [1.165, 1.54) is 13.5 Å². The molecule has 2 aromatic rings. The zero-order chi connectivity index (χ0) is 22.2. The maximum atomic E-state index is 12.1. The molecule has 9 nitrogen and oxygen atoms in total. The van der Waals surface area contributed by atoms with E-state index in [1.807, 2.05) is 18.0 Å². The summed E-state index contributed by atoms with van der Waals surface area (Å²) in [6, 6.07) is 3.14. The minimum atomic E-state index is -3.47. The predicted molar refractivity (Wildman–Crippen MR) is 118 cm³/mol. The van der Waals surface area contributed by atoms with E-state index in [0.717, 1.165) is 23.5 Å². The maximum Gasteiger partial charge on any atom is 0.248 e. The number of rotatable bonds is 9. The number of aromatic nitrogens is 3. The lowest BCUT2D eigenvalue weighted by atomic mass is 10.1. The van der Waals surface area contributed by atoms with E-state index in [0.29, 0.717) is 46.7 Å². The highest BCUT2D eigenvalue weighted by atomic mass is 32.2. The van der Waals surface area contributed by atoms with Gasteiger partial charge in [0.1, 0.15) is 11.6 Å². The fourth-order valence-corrected chi connectivity index (χ4v) is 3.79. The van der Waals surface area contributed by atoms with Crippen molar-refractivity contribution in [3.8, 4) is 11.5 Å². The molecule has 2 aromatic heterocycles. The Morgan fingerprint density at radius 3 is 2.43 bits per heavy atom. The van der Waals surface area contributed by atoms with Crippen LogP contribution in [-0.4, -0.2) is 50.5 Å². The molecular weight excluding hydrogens is 404 g/mol. The van der Waals surface area contributed by atoms with Gasteiger partial charge in [-0.05, 0) is 42.7 Å². The number of nitrogens with zero attached hydrogens (tertiary/aromatic N) is 5. The molecule has 0 amide bonds. The molecule has 1 aliphatic carbocycles. The first-order valence-corrected chi connectivity index (χ1v) is 12.1. The molecule has 1 aliphatic rings. The van der Waals surface area contributed by atoms with Gasteiger partial charge >= 0.3 is 0 Å². The van der Waals surface area contributed by atoms with Gasteiger partial charge in [-0.3, -0.25) is 4.31 Å². The van der Waals surface area contributed by atoms with Crippen molar-refractivity contribution in [3.05, 3.63) is 18.0 Å². The molecule has 30 heavy (non-hydrogen) atoms. The van der Waals surface area contributed by atoms with E-state index >= 15 is 0 Å². The SMILES string of the molecule is CC(C)CC(N)c1nnc(-c2cc(N(C)CC3CC3C)nc(N(C)S(C)(=O)=O)c2)o1. The van der Waals surface area contributed by atoms with Crippen molar-refractivity contribution < 1.29 is 12.8 Å². The van der Waals surface area contributed by atoms with Crippen molar-refractivity contribution in [1.29, 1.82) is 0 Å². The van der Waals surface area contributed by atoms with Crippen LogP contribution < -0.4 is 14.9 Å². The molecule has 3 rings (SSSR count). The summed E-state index contributed by atoms with van der Waals surface area (Å²) < 4.78 is 31.2. The minimum absolute atomic E-state index is 0.296. The van der Waals surface area contributed by atoms with Crippen molar-refractivity contribution >= 4 is 21.7 Å². The lowest BCUT2D eigenvalue weighted by Crippen LogP contribution is -2.27. The molecule has 0 saturated heterocycles. The van der Waals surface area contributed by atoms with Crippen LogP contribution in [0.15, 0.2) is 16.5 Å². The van der Waals surface area contributed by atoms with Gasteiger partial charge in [0.25, 0.3) is 0 Å². The second-order valence-corrected chi connectivity index (χ2v) is 10.9. The van der Waals surface area contributed by atoms with Crippen LogP contribution in [0.1, 0.15) is 45.5 Å². The summed E-state index contributed by atoms with van der Waals surface area (Å²) in [6.07, 6.45) is 3.07. The largest absolute Gasteiger partial charge is 0.419 e. The Morgan fingerprint density at radius 2 is 1.87 bits per heavy atom. The number of hydrogen-bond acceptors (Lipinski definition) is 8. The lowest BCUT2D eigenvalue weighted by molar-refractivity contribution is 0.408. The van der Waals surface area contributed by atoms with Crippen molar-refractivity contribution in [1.82, 2.24) is 15.2 Å². The number of pyridine rings is 1. The summed E-state index contributed by atoms with van der Waals surface area (Å²) in [6.45, 7) is 7.24. The standard InChI is InChI=1S/C20H32N6O3S/c1-12(2)7-16(21)20-24-23-19(29-20)14-9-17(25(4)11-15-8-13(15)3)22-18(10-14)26(5)30(6,27)28/h9-10,12-13,15-16H,7-8,11,21H2,1-6H3. The van der Waals surface area contributed by atoms with E-state index in [2.05, 4.69) is 36.0 Å². The Kier molecular flexibility index (Phi) is 6.37. The van der Waals surface area contributed by atoms with Gasteiger partial charge in [0.05, 0.1) is 12.3 Å². The third kappa shape index (κ3) is 5.28. The monoisotopic (exact) mass is 436 g/mol. The van der Waals surface area contributed by atoms with Crippen LogP contribution in [0.3, 0.4) is 0 Å². The molecule has 0 radical (unpaired) electrons. The highest BCUT2D eigenvalue weighted by Crippen LogP contribution is 2.39. The first-order chi connectivity index (χ1) is 14.0. The molecule has 0 aromatic carbocycles. The lowest BCUT2D eigenvalue weighted by Gasteiger charge is -2.22. The molecule has 166 valence electrons. The topological polar surface area (TPSA) is 118 Å². The van der Waals surface area contributed by atoms with Crippen LogP contribution in [0.25, 0.3) is 11.5 Å². The van der Waals surface area contributed by atoms with Gasteiger partial charge in [0.2, 0.25) is 21.8 Å². The van der Waals surface area contributed by atoms with Gasteiger partial charge in [0, 0.05) is 26.2 Å². The highest BCUT2D eigenvalue weighted by molar-refractivity contribution is 7.92. The fourth-order valence-electron chi connectivity index (χ4n) is 3.36. The molecule has 0 aliphatic heterocycles. The van der Waals surface area contributed by atoms with Crippen LogP contribution in [0.5, 0.6) is 0 Å². The van der Waals surface area contributed by atoms with Gasteiger partial charge in [-0.15, -0.1) is 10.2 Å². The average Bonchev–Trinajstić information content (AvgIpc) is 3.15. The first kappa shape index (κ1) is 22.5. The van der Waals surface area contributed by atoms with Gasteiger partial charge in [-0.2, -0.15) is 0 Å². The quantitative estimate of drug-likeness (QED) is 0.637. The summed E-state index contributed by atoms with van der Waals surface area (Å²) in [7, 11) is -0.0371. The summed E-state index contributed by atoms with van der Waals surface area (Å²) in [4.78, 5) is 6.61. The van der Waals surface area contributed by atoms with Crippen LogP contribution in [0.4, 0.5) is 11.6 Å². The normalized spacial score (nSPS) is 19.7. The second kappa shape index (κ2) is 8.50. The minimum Gasteiger partial charge on any atom is -0.419 e. The van der Waals surface area contributed by atoms with Crippen molar-refractivity contribution in [2.24, 2.45) is 23.5 Å². The Balaban J connectivity index is 1.96. The smallest absolute Gasteiger partial charge is 0.248 e. The Labute approximate surface area is 178 Å². The zero-order valence-corrected chi connectivity index (χ0v) is 19.3. The molecule has 0 bridgehead atoms. The zero-order valence-electron chi connectivity index (χ0n) is 18.5. The van der Waals surface area contributed by atoms with Gasteiger partial charge in [0.15, 0.2) is 0 Å². The Bertz CT molecular complexity index is 990. The van der Waals surface area contributed by atoms with E-state index in [4.69, 9.17) is 10.2 Å². The fraction of sp³-hybridized carbons (Fsp3) is 0.650. The number of nitrogens with two attached hydrogens (primary N) is 1. The highest BCUT2D eigenvalue weighted by Gasteiger charge is 2.33. The third-order valence-corrected chi connectivity index (χ3v) is 6.71. The van der Waals surface area contributed by atoms with E-state index in [-0.39, 0.29) is 6.04 Å². The van der Waals surface area contributed by atoms with Crippen LogP contribution in [0.2, 0.25) is 0 Å². The number of sulfonamides is 1. The summed E-state index contributed by atoms with van der Waals surface area (Å²) >= 11 is 0. The van der Waals surface area contributed by atoms with Crippen LogP contribution in [-0.2, 0) is 10.0 Å². The van der Waals surface area contributed by atoms with Gasteiger partial charge < -0.3 is 15.1 Å². The number of hydrogen-bond donors (Lipinski definition) is 1. The molecule has 2 N–H and O–H groups in total. The molecule has 1 fully saturated rings. The van der Waals surface area contributed by atoms with Gasteiger partial charge in [-0.25, -0.2) is 13.4 Å². The van der Waals surface area contributed by atoms with Crippen molar-refractivity contribution in [3.63, 3.8) is 0 Å². The van der Waals surface area contributed by atoms with Crippen molar-refractivity contribution in [2.75, 3.05) is 36.1 Å². The van der Waals surface area contributed by atoms with Crippen molar-refractivity contribution in [2.45, 2.75) is 39.7 Å². The Morgan fingerprint density at radius 1 is 1.23 bits per heavy atom. The molecule has 10 heteroatoms. The van der Waals surface area contributed by atoms with E-state index in [1.54, 1.807) is 6.07 Å². The molecule has 3 atom stereocenters. The average molecular weight is 437 g/mol. The first-order valence-electron chi connectivity index (χ1n) is 10.2. The van der Waals surface area contributed by atoms with Crippen LogP contribution >= 0.6 is 0 Å². The molecule has 3 unspecified atom stereocenters. The van der Waals surface area contributed by atoms with E-state index < -0.39 is 10.0 Å². The molecular formula is C20H32N6O3S. The summed E-state index contributed by atoms with van der Waals surface area (Å²) in [5.41, 5.74) is 6.78. The third-order valence-electron chi connectivity index (χ3n) is 5.52. The predicted octanol–water partition coefficient (Wildman–Crippen LogP) is 2.67. The summed E-state index contributed by atoms with van der Waals surface area (Å²) in [5, 5.41) is 8.26. The second-order valence-electron chi connectivity index (χ2n) is 8.84.